The van der Waals surface area contributed by atoms with Crippen LogP contribution in [0.15, 0.2) is 229 Å². The molecule has 2 aliphatic heterocycles. The van der Waals surface area contributed by atoms with E-state index in [4.69, 9.17) is 63.1 Å². The zero-order chi connectivity index (χ0) is 82.6. The Kier molecular flexibility index (Phi) is 19.4. The van der Waals surface area contributed by atoms with Crippen molar-refractivity contribution in [2.24, 2.45) is 0 Å². The highest BCUT2D eigenvalue weighted by atomic mass is 32.2. The number of benzene rings is 11. The second-order valence-corrected chi connectivity index (χ2v) is 36.0. The van der Waals surface area contributed by atoms with Gasteiger partial charge in [-0.25, -0.2) is 29.9 Å². The highest BCUT2D eigenvalue weighted by molar-refractivity contribution is 7.85. The molecule has 0 radical (unpaired) electrons. The Hall–Kier alpha value is -13.0. The number of aromatic nitrogens is 8. The average molecular weight is 1590 g/mol. The predicted molar refractivity (Wildman–Crippen MR) is 469 cm³/mol. The van der Waals surface area contributed by atoms with Gasteiger partial charge in [-0.15, -0.1) is 0 Å². The minimum Gasteiger partial charge on any atom is -0.457 e. The number of nitrogens with zero attached hydrogens (tertiary/aromatic N) is 12. The fraction of sp³-hybridized carbons (Fsp3) is 0.196. The van der Waals surface area contributed by atoms with Gasteiger partial charge in [-0.2, -0.15) is 8.42 Å². The Bertz CT molecular complexity index is 6620. The van der Waals surface area contributed by atoms with E-state index in [1.165, 1.54) is 24.3 Å². The van der Waals surface area contributed by atoms with Gasteiger partial charge in [-0.05, 0) is 152 Å². The first-order valence-corrected chi connectivity index (χ1v) is 39.5. The molecule has 592 valence electrons. The Balaban J connectivity index is 1.01. The van der Waals surface area contributed by atoms with Gasteiger partial charge in [0.25, 0.3) is 10.1 Å². The lowest BCUT2D eigenvalue weighted by molar-refractivity contribution is 0.415. The van der Waals surface area contributed by atoms with Crippen molar-refractivity contribution in [3.63, 3.8) is 0 Å². The van der Waals surface area contributed by atoms with E-state index < -0.39 is 10.1 Å². The van der Waals surface area contributed by atoms with Crippen LogP contribution in [0.25, 0.3) is 89.7 Å². The maximum Gasteiger partial charge on any atom is 0.294 e. The summed E-state index contributed by atoms with van der Waals surface area (Å²) in [6.45, 7) is 0. The van der Waals surface area contributed by atoms with Crippen molar-refractivity contribution in [3.05, 3.63) is 224 Å². The summed E-state index contributed by atoms with van der Waals surface area (Å²) in [5.41, 5.74) is 9.47. The zero-order valence-corrected chi connectivity index (χ0v) is 69.6. The van der Waals surface area contributed by atoms with Crippen molar-refractivity contribution in [3.8, 4) is 126 Å². The smallest absolute Gasteiger partial charge is 0.294 e. The molecule has 117 heavy (non-hydrogen) atoms. The first-order chi connectivity index (χ1) is 55.2. The van der Waals surface area contributed by atoms with E-state index in [0.717, 1.165) is 34.1 Å². The van der Waals surface area contributed by atoms with Crippen molar-refractivity contribution in [1.29, 1.82) is 0 Å². The Morgan fingerprint density at radius 3 is 0.735 bits per heavy atom. The molecule has 0 saturated carbocycles. The second-order valence-electron chi connectivity index (χ2n) is 34.6. The predicted octanol–water partition coefficient (Wildman–Crippen LogP) is 19.8. The van der Waals surface area contributed by atoms with Gasteiger partial charge < -0.3 is 43.1 Å². The third kappa shape index (κ3) is 16.6. The average Bonchev–Trinajstić information content (AvgIpc) is 1.59. The van der Waals surface area contributed by atoms with Crippen molar-refractivity contribution >= 4 is 88.4 Å². The third-order valence-electron chi connectivity index (χ3n) is 20.3. The van der Waals surface area contributed by atoms with E-state index in [0.29, 0.717) is 174 Å². The first-order valence-electron chi connectivity index (χ1n) is 38.1. The van der Waals surface area contributed by atoms with Gasteiger partial charge in [0.05, 0.1) is 132 Å². The SMILES string of the molecule is C[N+](C)(C)c1cccc(Oc2cc3c(cc2Oc2cccc([N+](C)(C)C)c2)-c2nc-3nc3[nH]c(nc4nc(nc5[nH]c(n2)c2cc(Oc6cccc([N+](C)(C)C)c6)c(Oc6cccc([N+](C)(C)C)c6)cc52)-c2cc(Oc5cccc([N+](C)(C)C)c5)c(Oc5cccc([N+](C)(C)C)c5)cc2-4)c2cc(Oc4ccc(S(=O)(=O)O)cc4)ccc32)c1. The number of nitrogens with one attached hydrogen (secondary N) is 2. The summed E-state index contributed by atoms with van der Waals surface area (Å²) in [6, 6.07) is 70.1. The van der Waals surface area contributed by atoms with Crippen LogP contribution in [0.5, 0.6) is 80.5 Å². The van der Waals surface area contributed by atoms with Gasteiger partial charge in [-0.3, -0.25) is 31.5 Å². The molecular weight excluding hydrogens is 1490 g/mol. The number of ether oxygens (including phenoxy) is 7. The van der Waals surface area contributed by atoms with Crippen LogP contribution in [0, 0.1) is 0 Å². The second kappa shape index (κ2) is 29.1. The quantitative estimate of drug-likeness (QED) is 0.0449. The van der Waals surface area contributed by atoms with E-state index in [9.17, 15) is 13.0 Å². The van der Waals surface area contributed by atoms with Gasteiger partial charge >= 0.3 is 0 Å². The largest absolute Gasteiger partial charge is 0.457 e. The van der Waals surface area contributed by atoms with E-state index >= 15 is 0 Å². The molecule has 0 amide bonds. The molecule has 0 atom stereocenters. The van der Waals surface area contributed by atoms with E-state index in [2.05, 4.69) is 173 Å². The monoisotopic (exact) mass is 1590 g/mol. The summed E-state index contributed by atoms with van der Waals surface area (Å²) in [7, 11) is 33.3. The number of quaternary nitrogens is 6. The van der Waals surface area contributed by atoms with Crippen LogP contribution in [-0.4, -0.2) is 180 Å². The van der Waals surface area contributed by atoms with Crippen LogP contribution in [0.1, 0.15) is 0 Å². The van der Waals surface area contributed by atoms with Gasteiger partial charge in [0.1, 0.15) is 103 Å². The molecule has 24 nitrogen and oxygen atoms in total. The summed E-state index contributed by atoms with van der Waals surface area (Å²) in [5, 5.41) is 2.28. The number of hydrogen-bond donors (Lipinski definition) is 3. The molecule has 3 aromatic heterocycles. The lowest BCUT2D eigenvalue weighted by Gasteiger charge is -2.24. The molecule has 0 saturated heterocycles. The Morgan fingerprint density at radius 2 is 0.479 bits per heavy atom. The molecule has 0 spiro atoms. The fourth-order valence-corrected chi connectivity index (χ4v) is 14.2. The zero-order valence-electron chi connectivity index (χ0n) is 68.8. The summed E-state index contributed by atoms with van der Waals surface area (Å²) in [4.78, 5) is 40.3. The molecule has 3 N–H and O–H groups in total. The molecule has 0 fully saturated rings. The highest BCUT2D eigenvalue weighted by Crippen LogP contribution is 2.50. The van der Waals surface area contributed by atoms with Crippen LogP contribution in [0.2, 0.25) is 0 Å². The standard InChI is InChI=1S/C92H93N14O10S/c1-101(2,3)56-25-19-31-63(43-56)111-79-50-73-74(51-80(79)112-64-32-20-26-57(44-64)102(4,5)6)89-96-87(73)94-85-71-42-39-69(110-62-37-40-70(41-38-62)117(107,108)109)49-72(71)86(93-85)95-88-75-52-81(113-65-33-21-27-58(45-65)103(7,8)9)82(114-66-34-22-28-59(46-66)104(10,11)12)53-76(75)90(97-88)99-92-78-55-84(116-68-36-24-30-61(48-68)106(16,17)18)83(54-77(78)91(98-89)100-92)115-67-35-23-29-60(47-67)105(13,14)15/h19-55H,1-18H3,(H2-,93,94,95,96,97,98,99,100,107,108,109)/q+5/p+1. The van der Waals surface area contributed by atoms with Crippen molar-refractivity contribution in [2.75, 3.05) is 127 Å². The van der Waals surface area contributed by atoms with Crippen LogP contribution in [0.4, 0.5) is 34.1 Å². The molecule has 14 aromatic rings. The van der Waals surface area contributed by atoms with E-state index in [1.54, 1.807) is 6.07 Å². The number of hydrogen-bond acceptors (Lipinski definition) is 15. The number of rotatable bonds is 21. The third-order valence-corrected chi connectivity index (χ3v) is 21.1. The van der Waals surface area contributed by atoms with Crippen LogP contribution in [0.3, 0.4) is 0 Å². The van der Waals surface area contributed by atoms with Crippen molar-refractivity contribution in [2.45, 2.75) is 4.90 Å². The van der Waals surface area contributed by atoms with Crippen LogP contribution < -0.4 is 60.1 Å². The molecule has 0 unspecified atom stereocenters. The van der Waals surface area contributed by atoms with E-state index in [1.807, 2.05) is 158 Å². The lowest BCUT2D eigenvalue weighted by Crippen LogP contribution is -2.34. The molecular formula is C92H94N14O10S+6. The minimum absolute atomic E-state index is 0.227. The molecule has 25 heteroatoms. The van der Waals surface area contributed by atoms with Gasteiger partial charge in [0, 0.05) is 80.2 Å². The molecule has 11 aromatic carbocycles. The Labute approximate surface area is 679 Å². The summed E-state index contributed by atoms with van der Waals surface area (Å²) < 4.78 is 86.5. The normalized spacial score (nSPS) is 12.6. The van der Waals surface area contributed by atoms with Crippen LogP contribution in [-0.2, 0) is 10.1 Å². The topological polar surface area (TPSA) is 228 Å². The van der Waals surface area contributed by atoms with Gasteiger partial charge in [0.15, 0.2) is 57.8 Å². The van der Waals surface area contributed by atoms with Gasteiger partial charge in [-0.1, -0.05) is 36.4 Å². The first kappa shape index (κ1) is 78.0. The van der Waals surface area contributed by atoms with Crippen molar-refractivity contribution in [1.82, 2.24) is 66.8 Å². The lowest BCUT2D eigenvalue weighted by atomic mass is 10.1. The maximum absolute atomic E-state index is 12.2. The summed E-state index contributed by atoms with van der Waals surface area (Å²) in [6.07, 6.45) is 0. The Morgan fingerprint density at radius 1 is 0.248 bits per heavy atom. The summed E-state index contributed by atoms with van der Waals surface area (Å²) in [5.74, 6) is 7.13. The van der Waals surface area contributed by atoms with Gasteiger partial charge in [0.2, 0.25) is 0 Å². The summed E-state index contributed by atoms with van der Waals surface area (Å²) >= 11 is 0. The van der Waals surface area contributed by atoms with E-state index in [-0.39, 0.29) is 28.2 Å². The molecule has 0 aliphatic carbocycles. The van der Waals surface area contributed by atoms with Crippen molar-refractivity contribution < 1.29 is 46.1 Å². The molecule has 2 aliphatic rings. The minimum atomic E-state index is -4.51. The number of aromatic amines is 2. The molecule has 8 bridgehead atoms. The molecule has 5 heterocycles. The number of H-pyrrole nitrogens is 2. The molecule has 16 rings (SSSR count). The fourth-order valence-electron chi connectivity index (χ4n) is 13.7. The number of fused-ring (bicyclic) bond motifs is 20. The maximum atomic E-state index is 12.2. The highest BCUT2D eigenvalue weighted by Gasteiger charge is 2.31. The van der Waals surface area contributed by atoms with Crippen LogP contribution >= 0.6 is 0 Å².